The van der Waals surface area contributed by atoms with E-state index in [1.165, 1.54) is 12.5 Å². The van der Waals surface area contributed by atoms with Crippen LogP contribution in [0.25, 0.3) is 0 Å². The Morgan fingerprint density at radius 1 is 1.29 bits per heavy atom. The van der Waals surface area contributed by atoms with Gasteiger partial charge in [0.2, 0.25) is 0 Å². The van der Waals surface area contributed by atoms with Crippen molar-refractivity contribution in [3.8, 4) is 0 Å². The van der Waals surface area contributed by atoms with Crippen LogP contribution in [0.4, 0.5) is 18.9 Å². The van der Waals surface area contributed by atoms with Gasteiger partial charge in [0.05, 0.1) is 10.6 Å². The molecule has 0 atom stereocenters. The summed E-state index contributed by atoms with van der Waals surface area (Å²) >= 11 is 5.53. The summed E-state index contributed by atoms with van der Waals surface area (Å²) in [5.74, 6) is 0.597. The van der Waals surface area contributed by atoms with Gasteiger partial charge in [-0.15, -0.1) is 0 Å². The van der Waals surface area contributed by atoms with Crippen LogP contribution in [0.5, 0.6) is 0 Å². The number of alkyl halides is 3. The Morgan fingerprint density at radius 3 is 2.53 bits per heavy atom. The van der Waals surface area contributed by atoms with Crippen molar-refractivity contribution in [3.05, 3.63) is 28.8 Å². The molecule has 17 heavy (non-hydrogen) atoms. The third kappa shape index (κ3) is 3.06. The number of anilines is 1. The maximum atomic E-state index is 12.6. The van der Waals surface area contributed by atoms with Crippen LogP contribution in [0.15, 0.2) is 18.2 Å². The predicted molar refractivity (Wildman–Crippen MR) is 62.3 cm³/mol. The summed E-state index contributed by atoms with van der Waals surface area (Å²) in [7, 11) is 0. The topological polar surface area (TPSA) is 12.0 Å². The lowest BCUT2D eigenvalue weighted by Crippen LogP contribution is -2.21. The summed E-state index contributed by atoms with van der Waals surface area (Å²) in [6, 6.07) is 3.94. The molecule has 1 N–H and O–H groups in total. The lowest BCUT2D eigenvalue weighted by atomic mass is 9.85. The fourth-order valence-corrected chi connectivity index (χ4v) is 2.04. The molecule has 94 valence electrons. The van der Waals surface area contributed by atoms with Crippen LogP contribution in [0.1, 0.15) is 24.8 Å². The molecular weight excluding hydrogens is 251 g/mol. The van der Waals surface area contributed by atoms with Crippen molar-refractivity contribution in [2.45, 2.75) is 25.4 Å². The molecule has 2 rings (SSSR count). The van der Waals surface area contributed by atoms with Crippen LogP contribution in [-0.2, 0) is 6.18 Å². The fraction of sp³-hybridized carbons (Fsp3) is 0.500. The summed E-state index contributed by atoms with van der Waals surface area (Å²) in [6.07, 6.45) is -0.856. The quantitative estimate of drug-likeness (QED) is 0.842. The first-order valence-electron chi connectivity index (χ1n) is 5.57. The number of benzene rings is 1. The van der Waals surface area contributed by atoms with Crippen molar-refractivity contribution in [2.75, 3.05) is 11.9 Å². The second-order valence-electron chi connectivity index (χ2n) is 4.37. The Bertz CT molecular complexity index is 399. The normalized spacial score (nSPS) is 16.7. The molecule has 0 aliphatic heterocycles. The fourth-order valence-electron chi connectivity index (χ4n) is 1.81. The number of hydrogen-bond donors (Lipinski definition) is 1. The molecule has 0 unspecified atom stereocenters. The third-order valence-electron chi connectivity index (χ3n) is 3.09. The monoisotopic (exact) mass is 263 g/mol. The second kappa shape index (κ2) is 4.77. The van der Waals surface area contributed by atoms with E-state index in [2.05, 4.69) is 5.32 Å². The molecule has 0 heterocycles. The van der Waals surface area contributed by atoms with E-state index >= 15 is 0 Å². The molecule has 1 aromatic carbocycles. The highest BCUT2D eigenvalue weighted by atomic mass is 35.5. The van der Waals surface area contributed by atoms with Crippen LogP contribution in [0.3, 0.4) is 0 Å². The predicted octanol–water partition coefficient (Wildman–Crippen LogP) is 4.57. The summed E-state index contributed by atoms with van der Waals surface area (Å²) in [4.78, 5) is 0. The van der Waals surface area contributed by atoms with Gasteiger partial charge in [0.1, 0.15) is 0 Å². The zero-order valence-electron chi connectivity index (χ0n) is 9.15. The zero-order chi connectivity index (χ0) is 12.5. The van der Waals surface area contributed by atoms with Crippen molar-refractivity contribution in [1.29, 1.82) is 0 Å². The van der Waals surface area contributed by atoms with Crippen LogP contribution in [0, 0.1) is 5.92 Å². The molecule has 1 nitrogen and oxygen atoms in total. The summed E-state index contributed by atoms with van der Waals surface area (Å²) < 4.78 is 37.8. The van der Waals surface area contributed by atoms with E-state index in [9.17, 15) is 13.2 Å². The Balaban J connectivity index is 2.07. The number of rotatable bonds is 3. The van der Waals surface area contributed by atoms with Crippen molar-refractivity contribution >= 4 is 17.3 Å². The average molecular weight is 264 g/mol. The Labute approximate surface area is 103 Å². The highest BCUT2D eigenvalue weighted by Crippen LogP contribution is 2.36. The van der Waals surface area contributed by atoms with Gasteiger partial charge in [-0.3, -0.25) is 0 Å². The first-order valence-corrected chi connectivity index (χ1v) is 5.95. The van der Waals surface area contributed by atoms with E-state index in [0.717, 1.165) is 25.5 Å². The number of nitrogens with one attached hydrogen (secondary N) is 1. The maximum absolute atomic E-state index is 12.6. The summed E-state index contributed by atoms with van der Waals surface area (Å²) in [6.45, 7) is 0.735. The van der Waals surface area contributed by atoms with Crippen LogP contribution in [-0.4, -0.2) is 6.54 Å². The van der Waals surface area contributed by atoms with Crippen LogP contribution < -0.4 is 5.32 Å². The maximum Gasteiger partial charge on any atom is 0.417 e. The van der Waals surface area contributed by atoms with Gasteiger partial charge in [-0.05, 0) is 37.0 Å². The molecule has 0 bridgehead atoms. The highest BCUT2D eigenvalue weighted by Gasteiger charge is 2.33. The lowest BCUT2D eigenvalue weighted by molar-refractivity contribution is -0.137. The Hall–Kier alpha value is -0.900. The second-order valence-corrected chi connectivity index (χ2v) is 4.78. The first kappa shape index (κ1) is 12.6. The van der Waals surface area contributed by atoms with Crippen molar-refractivity contribution < 1.29 is 13.2 Å². The molecule has 0 aromatic heterocycles. The minimum absolute atomic E-state index is 0.258. The van der Waals surface area contributed by atoms with Gasteiger partial charge in [-0.25, -0.2) is 0 Å². The van der Waals surface area contributed by atoms with Gasteiger partial charge in [0.15, 0.2) is 0 Å². The molecule has 0 spiro atoms. The molecule has 1 aliphatic carbocycles. The molecule has 0 amide bonds. The van der Waals surface area contributed by atoms with Crippen LogP contribution in [0.2, 0.25) is 5.02 Å². The number of halogens is 4. The van der Waals surface area contributed by atoms with Crippen molar-refractivity contribution in [1.82, 2.24) is 0 Å². The van der Waals surface area contributed by atoms with Crippen molar-refractivity contribution in [2.24, 2.45) is 5.92 Å². The zero-order valence-corrected chi connectivity index (χ0v) is 9.91. The Kier molecular flexibility index (Phi) is 3.52. The van der Waals surface area contributed by atoms with Gasteiger partial charge in [0, 0.05) is 12.2 Å². The molecule has 1 aromatic rings. The smallest absolute Gasteiger partial charge is 0.385 e. The van der Waals surface area contributed by atoms with Gasteiger partial charge in [-0.1, -0.05) is 18.0 Å². The minimum atomic E-state index is -4.40. The molecular formula is C12H13ClF3N. The van der Waals surface area contributed by atoms with Gasteiger partial charge in [0.25, 0.3) is 0 Å². The third-order valence-corrected chi connectivity index (χ3v) is 3.42. The van der Waals surface area contributed by atoms with E-state index < -0.39 is 11.7 Å². The number of hydrogen-bond acceptors (Lipinski definition) is 1. The lowest BCUT2D eigenvalue weighted by Gasteiger charge is -2.26. The van der Waals surface area contributed by atoms with Crippen molar-refractivity contribution in [3.63, 3.8) is 0 Å². The summed E-state index contributed by atoms with van der Waals surface area (Å²) in [5.41, 5.74) is -0.300. The molecule has 1 fully saturated rings. The first-order chi connectivity index (χ1) is 7.97. The molecule has 0 saturated heterocycles. The van der Waals surface area contributed by atoms with Gasteiger partial charge in [-0.2, -0.15) is 13.2 Å². The van der Waals surface area contributed by atoms with Crippen LogP contribution >= 0.6 is 11.6 Å². The summed E-state index contributed by atoms with van der Waals surface area (Å²) in [5, 5.41) is 2.77. The SMILES string of the molecule is FC(F)(F)c1cc(NCC2CCC2)ccc1Cl. The average Bonchev–Trinajstić information content (AvgIpc) is 2.16. The van der Waals surface area contributed by atoms with E-state index in [4.69, 9.17) is 11.6 Å². The molecule has 1 saturated carbocycles. The van der Waals surface area contributed by atoms with E-state index in [0.29, 0.717) is 11.6 Å². The highest BCUT2D eigenvalue weighted by molar-refractivity contribution is 6.31. The largest absolute Gasteiger partial charge is 0.417 e. The Morgan fingerprint density at radius 2 is 2.00 bits per heavy atom. The van der Waals surface area contributed by atoms with E-state index in [-0.39, 0.29) is 5.02 Å². The van der Waals surface area contributed by atoms with E-state index in [1.807, 2.05) is 0 Å². The minimum Gasteiger partial charge on any atom is -0.385 e. The molecule has 5 heteroatoms. The van der Waals surface area contributed by atoms with E-state index in [1.54, 1.807) is 6.07 Å². The molecule has 1 aliphatic rings. The standard InChI is InChI=1S/C12H13ClF3N/c13-11-5-4-9(6-10(11)12(14,15)16)17-7-8-2-1-3-8/h4-6,8,17H,1-3,7H2. The molecule has 0 radical (unpaired) electrons. The van der Waals surface area contributed by atoms with Gasteiger partial charge >= 0.3 is 6.18 Å². The van der Waals surface area contributed by atoms with Gasteiger partial charge < -0.3 is 5.32 Å².